The summed E-state index contributed by atoms with van der Waals surface area (Å²) in [5.41, 5.74) is 6.84. The molecular weight excluding hydrogens is 164 g/mol. The van der Waals surface area contributed by atoms with E-state index in [-0.39, 0.29) is 0 Å². The minimum atomic E-state index is -0.666. The number of aryl methyl sites for hydroxylation is 1. The molecule has 0 bridgehead atoms. The molecule has 1 aromatic heterocycles. The number of nitrogens with two attached hydrogens (primary N) is 1. The standard InChI is InChI=1S/C10H16N2O/c1-7-4-5-8(6-12-7)9(13)10(2,3)11/h4-6,9,13H,11H2,1-3H3. The Morgan fingerprint density at radius 2 is 2.08 bits per heavy atom. The summed E-state index contributed by atoms with van der Waals surface area (Å²) in [5, 5.41) is 9.78. The molecule has 72 valence electrons. The Bertz CT molecular complexity index is 274. The van der Waals surface area contributed by atoms with Gasteiger partial charge in [-0.25, -0.2) is 0 Å². The molecule has 0 aliphatic carbocycles. The lowest BCUT2D eigenvalue weighted by Crippen LogP contribution is -2.39. The molecule has 3 N–H and O–H groups in total. The second kappa shape index (κ2) is 3.44. The summed E-state index contributed by atoms with van der Waals surface area (Å²) in [6, 6.07) is 3.71. The maximum absolute atomic E-state index is 9.78. The first-order valence-electron chi connectivity index (χ1n) is 4.31. The van der Waals surface area contributed by atoms with Crippen LogP contribution in [0.15, 0.2) is 18.3 Å². The lowest BCUT2D eigenvalue weighted by Gasteiger charge is -2.25. The van der Waals surface area contributed by atoms with Gasteiger partial charge >= 0.3 is 0 Å². The number of nitrogens with zero attached hydrogens (tertiary/aromatic N) is 1. The van der Waals surface area contributed by atoms with E-state index < -0.39 is 11.6 Å². The number of pyridine rings is 1. The van der Waals surface area contributed by atoms with E-state index in [1.54, 1.807) is 20.0 Å². The van der Waals surface area contributed by atoms with Crippen molar-refractivity contribution in [3.05, 3.63) is 29.6 Å². The van der Waals surface area contributed by atoms with Gasteiger partial charge in [0, 0.05) is 23.0 Å². The topological polar surface area (TPSA) is 59.1 Å². The number of aliphatic hydroxyl groups excluding tert-OH is 1. The fourth-order valence-corrected chi connectivity index (χ4v) is 1.07. The molecule has 0 aromatic carbocycles. The molecule has 0 spiro atoms. The fourth-order valence-electron chi connectivity index (χ4n) is 1.07. The van der Waals surface area contributed by atoms with Gasteiger partial charge < -0.3 is 10.8 Å². The summed E-state index contributed by atoms with van der Waals surface area (Å²) in [7, 11) is 0. The normalized spacial score (nSPS) is 14.2. The molecule has 0 aliphatic heterocycles. The molecule has 13 heavy (non-hydrogen) atoms. The highest BCUT2D eigenvalue weighted by atomic mass is 16.3. The minimum absolute atomic E-state index is 0.628. The van der Waals surface area contributed by atoms with Gasteiger partial charge in [0.05, 0.1) is 6.10 Å². The summed E-state index contributed by atoms with van der Waals surface area (Å²) in [6.45, 7) is 5.48. The van der Waals surface area contributed by atoms with E-state index in [0.29, 0.717) is 0 Å². The number of hydrogen-bond acceptors (Lipinski definition) is 3. The largest absolute Gasteiger partial charge is 0.386 e. The van der Waals surface area contributed by atoms with Crippen LogP contribution >= 0.6 is 0 Å². The van der Waals surface area contributed by atoms with E-state index in [0.717, 1.165) is 11.3 Å². The van der Waals surface area contributed by atoms with Gasteiger partial charge in [-0.1, -0.05) is 6.07 Å². The SMILES string of the molecule is Cc1ccc(C(O)C(C)(C)N)cn1. The maximum atomic E-state index is 9.78. The summed E-state index contributed by atoms with van der Waals surface area (Å²) in [6.07, 6.45) is 0.995. The maximum Gasteiger partial charge on any atom is 0.0978 e. The Kier molecular flexibility index (Phi) is 2.68. The molecular formula is C10H16N2O. The third-order valence-electron chi connectivity index (χ3n) is 1.95. The summed E-state index contributed by atoms with van der Waals surface area (Å²) in [5.74, 6) is 0. The van der Waals surface area contributed by atoms with Crippen molar-refractivity contribution in [3.63, 3.8) is 0 Å². The second-order valence-corrected chi connectivity index (χ2v) is 3.96. The van der Waals surface area contributed by atoms with E-state index in [1.165, 1.54) is 0 Å². The van der Waals surface area contributed by atoms with Gasteiger partial charge in [-0.3, -0.25) is 4.98 Å². The Morgan fingerprint density at radius 1 is 1.46 bits per heavy atom. The van der Waals surface area contributed by atoms with Crippen LogP contribution in [0.4, 0.5) is 0 Å². The molecule has 1 heterocycles. The van der Waals surface area contributed by atoms with Crippen molar-refractivity contribution in [2.75, 3.05) is 0 Å². The van der Waals surface area contributed by atoms with Gasteiger partial charge in [-0.05, 0) is 26.8 Å². The van der Waals surface area contributed by atoms with Crippen molar-refractivity contribution < 1.29 is 5.11 Å². The highest BCUT2D eigenvalue weighted by Crippen LogP contribution is 2.22. The van der Waals surface area contributed by atoms with Gasteiger partial charge in [0.1, 0.15) is 0 Å². The first kappa shape index (κ1) is 10.2. The minimum Gasteiger partial charge on any atom is -0.386 e. The molecule has 1 rings (SSSR count). The Labute approximate surface area is 78.6 Å². The van der Waals surface area contributed by atoms with E-state index in [1.807, 2.05) is 19.1 Å². The average Bonchev–Trinajstić information content (AvgIpc) is 2.03. The van der Waals surface area contributed by atoms with Gasteiger partial charge in [-0.2, -0.15) is 0 Å². The van der Waals surface area contributed by atoms with Gasteiger partial charge in [0.15, 0.2) is 0 Å². The fraction of sp³-hybridized carbons (Fsp3) is 0.500. The van der Waals surface area contributed by atoms with Crippen molar-refractivity contribution in [3.8, 4) is 0 Å². The molecule has 0 saturated heterocycles. The Balaban J connectivity index is 2.90. The van der Waals surface area contributed by atoms with Crippen molar-refractivity contribution in [1.29, 1.82) is 0 Å². The molecule has 0 saturated carbocycles. The highest BCUT2D eigenvalue weighted by Gasteiger charge is 2.24. The summed E-state index contributed by atoms with van der Waals surface area (Å²) < 4.78 is 0. The van der Waals surface area contributed by atoms with Crippen LogP contribution in [0.2, 0.25) is 0 Å². The predicted molar refractivity (Wildman–Crippen MR) is 52.2 cm³/mol. The first-order chi connectivity index (χ1) is 5.91. The van der Waals surface area contributed by atoms with Crippen molar-refractivity contribution in [2.45, 2.75) is 32.4 Å². The van der Waals surface area contributed by atoms with Crippen LogP contribution in [-0.4, -0.2) is 15.6 Å². The molecule has 1 unspecified atom stereocenters. The number of hydrogen-bond donors (Lipinski definition) is 2. The third-order valence-corrected chi connectivity index (χ3v) is 1.95. The van der Waals surface area contributed by atoms with Crippen LogP contribution in [0.3, 0.4) is 0 Å². The molecule has 0 amide bonds. The molecule has 1 aromatic rings. The first-order valence-corrected chi connectivity index (χ1v) is 4.31. The average molecular weight is 180 g/mol. The predicted octanol–water partition coefficient (Wildman–Crippen LogP) is 1.16. The highest BCUT2D eigenvalue weighted by molar-refractivity contribution is 5.18. The van der Waals surface area contributed by atoms with Gasteiger partial charge in [-0.15, -0.1) is 0 Å². The van der Waals surface area contributed by atoms with Crippen molar-refractivity contribution in [2.24, 2.45) is 5.73 Å². The number of aromatic nitrogens is 1. The van der Waals surface area contributed by atoms with Gasteiger partial charge in [0.2, 0.25) is 0 Å². The molecule has 3 heteroatoms. The van der Waals surface area contributed by atoms with Crippen LogP contribution in [0, 0.1) is 6.92 Å². The quantitative estimate of drug-likeness (QED) is 0.718. The monoisotopic (exact) mass is 180 g/mol. The van der Waals surface area contributed by atoms with Crippen LogP contribution in [0.5, 0.6) is 0 Å². The summed E-state index contributed by atoms with van der Waals surface area (Å²) in [4.78, 5) is 4.10. The number of rotatable bonds is 2. The number of aliphatic hydroxyl groups is 1. The molecule has 0 aliphatic rings. The molecule has 0 fully saturated rings. The van der Waals surface area contributed by atoms with Gasteiger partial charge in [0.25, 0.3) is 0 Å². The molecule has 1 atom stereocenters. The van der Waals surface area contributed by atoms with Crippen LogP contribution < -0.4 is 5.73 Å². The van der Waals surface area contributed by atoms with Crippen molar-refractivity contribution >= 4 is 0 Å². The van der Waals surface area contributed by atoms with Crippen LogP contribution in [-0.2, 0) is 0 Å². The van der Waals surface area contributed by atoms with Crippen LogP contribution in [0.25, 0.3) is 0 Å². The van der Waals surface area contributed by atoms with E-state index in [4.69, 9.17) is 5.73 Å². The second-order valence-electron chi connectivity index (χ2n) is 3.96. The Hall–Kier alpha value is -0.930. The van der Waals surface area contributed by atoms with E-state index in [9.17, 15) is 5.11 Å². The molecule has 0 radical (unpaired) electrons. The van der Waals surface area contributed by atoms with E-state index >= 15 is 0 Å². The zero-order chi connectivity index (χ0) is 10.1. The third kappa shape index (κ3) is 2.50. The summed E-state index contributed by atoms with van der Waals surface area (Å²) >= 11 is 0. The smallest absolute Gasteiger partial charge is 0.0978 e. The van der Waals surface area contributed by atoms with E-state index in [2.05, 4.69) is 4.98 Å². The zero-order valence-corrected chi connectivity index (χ0v) is 8.28. The Morgan fingerprint density at radius 3 is 2.46 bits per heavy atom. The van der Waals surface area contributed by atoms with Crippen molar-refractivity contribution in [1.82, 2.24) is 4.98 Å². The van der Waals surface area contributed by atoms with Crippen LogP contribution in [0.1, 0.15) is 31.2 Å². The molecule has 3 nitrogen and oxygen atoms in total. The zero-order valence-electron chi connectivity index (χ0n) is 8.28. The lowest BCUT2D eigenvalue weighted by atomic mass is 9.93. The lowest BCUT2D eigenvalue weighted by molar-refractivity contribution is 0.104.